The Hall–Kier alpha value is -4.24. The van der Waals surface area contributed by atoms with E-state index in [-0.39, 0.29) is 57.1 Å². The van der Waals surface area contributed by atoms with Crippen LogP contribution in [0.4, 0.5) is 0 Å². The maximum absolute atomic E-state index is 9.54. The predicted molar refractivity (Wildman–Crippen MR) is 184 cm³/mol. The molecule has 0 aliphatic rings. The topological polar surface area (TPSA) is 151 Å². The molecule has 0 spiro atoms. The molecule has 0 fully saturated rings. The molecule has 47 heavy (non-hydrogen) atoms. The van der Waals surface area contributed by atoms with Gasteiger partial charge in [-0.15, -0.1) is 0 Å². The van der Waals surface area contributed by atoms with Crippen LogP contribution in [0.3, 0.4) is 0 Å². The zero-order valence-electron chi connectivity index (χ0n) is 26.6. The Morgan fingerprint density at radius 3 is 0.766 bits per heavy atom. The van der Waals surface area contributed by atoms with Gasteiger partial charge in [-0.3, -0.25) is 20.0 Å². The molecule has 0 saturated carbocycles. The summed E-state index contributed by atoms with van der Waals surface area (Å²) in [5.41, 5.74) is 2.27. The molecule has 4 aromatic rings. The number of benzene rings is 4. The summed E-state index contributed by atoms with van der Waals surface area (Å²) in [5, 5.41) is 46.7. The first kappa shape index (κ1) is 42.8. The molecule has 9 nitrogen and oxygen atoms in total. The molecule has 0 heterocycles. The van der Waals surface area contributed by atoms with Crippen molar-refractivity contribution >= 4 is 24.9 Å². The van der Waals surface area contributed by atoms with Gasteiger partial charge in [0, 0.05) is 81.2 Å². The standard InChI is InChI=1S/2C16H16N2O2.C4H10O.2Fe/c2*19-15-7-3-1-5-13(15)11-17-9-10-18-12-14-6-2-4-8-16(14)20;1-4(2,3)5;;/h2*1-8,11-12,19-20H,9-10H2;5H,1-3H3;;. The number of phenolic OH excluding ortho intramolecular Hbond substituents is 4. The van der Waals surface area contributed by atoms with Gasteiger partial charge < -0.3 is 25.5 Å². The fourth-order valence-corrected chi connectivity index (χ4v) is 3.27. The van der Waals surface area contributed by atoms with Crippen molar-refractivity contribution in [3.63, 3.8) is 0 Å². The van der Waals surface area contributed by atoms with E-state index in [0.29, 0.717) is 48.4 Å². The average molecular weight is 722 g/mol. The third-order valence-corrected chi connectivity index (χ3v) is 5.38. The maximum Gasteiger partial charge on any atom is 0.124 e. The van der Waals surface area contributed by atoms with Crippen LogP contribution in [0.25, 0.3) is 0 Å². The van der Waals surface area contributed by atoms with E-state index in [2.05, 4.69) is 20.0 Å². The molecule has 0 aliphatic carbocycles. The largest absolute Gasteiger partial charge is 0.507 e. The van der Waals surface area contributed by atoms with Gasteiger partial charge in [0.25, 0.3) is 0 Å². The summed E-state index contributed by atoms with van der Waals surface area (Å²) < 4.78 is 0. The van der Waals surface area contributed by atoms with Crippen LogP contribution in [-0.4, -0.2) is 82.2 Å². The van der Waals surface area contributed by atoms with Gasteiger partial charge in [0.15, 0.2) is 0 Å². The van der Waals surface area contributed by atoms with E-state index in [1.54, 1.807) is 118 Å². The number of hydrogen-bond donors (Lipinski definition) is 5. The molecule has 0 radical (unpaired) electrons. The van der Waals surface area contributed by atoms with Crippen molar-refractivity contribution in [2.75, 3.05) is 26.2 Å². The molecule has 4 rings (SSSR count). The van der Waals surface area contributed by atoms with Crippen LogP contribution in [0, 0.1) is 0 Å². The third kappa shape index (κ3) is 19.8. The monoisotopic (exact) mass is 722 g/mol. The van der Waals surface area contributed by atoms with Crippen LogP contribution in [-0.2, 0) is 34.1 Å². The number of aromatic hydroxyl groups is 4. The smallest absolute Gasteiger partial charge is 0.124 e. The van der Waals surface area contributed by atoms with Crippen LogP contribution < -0.4 is 0 Å². The molecule has 0 unspecified atom stereocenters. The van der Waals surface area contributed by atoms with E-state index >= 15 is 0 Å². The van der Waals surface area contributed by atoms with Gasteiger partial charge in [-0.2, -0.15) is 0 Å². The van der Waals surface area contributed by atoms with Crippen LogP contribution in [0.1, 0.15) is 43.0 Å². The second-order valence-corrected chi connectivity index (χ2v) is 10.5. The summed E-state index contributed by atoms with van der Waals surface area (Å²) in [6, 6.07) is 28.1. The zero-order valence-corrected chi connectivity index (χ0v) is 28.8. The van der Waals surface area contributed by atoms with Crippen LogP contribution in [0.5, 0.6) is 23.0 Å². The first-order valence-corrected chi connectivity index (χ1v) is 14.4. The van der Waals surface area contributed by atoms with Crippen molar-refractivity contribution in [2.45, 2.75) is 26.4 Å². The molecular weight excluding hydrogens is 680 g/mol. The minimum absolute atomic E-state index is 0. The first-order chi connectivity index (χ1) is 21.5. The van der Waals surface area contributed by atoms with E-state index in [0.717, 1.165) is 0 Å². The summed E-state index contributed by atoms with van der Waals surface area (Å²) in [6.45, 7) is 7.33. The van der Waals surface area contributed by atoms with Crippen LogP contribution in [0.2, 0.25) is 0 Å². The normalized spacial score (nSPS) is 11.0. The van der Waals surface area contributed by atoms with Crippen molar-refractivity contribution in [3.05, 3.63) is 119 Å². The van der Waals surface area contributed by atoms with Gasteiger partial charge in [-0.05, 0) is 69.3 Å². The van der Waals surface area contributed by atoms with Crippen LogP contribution in [0.15, 0.2) is 117 Å². The minimum Gasteiger partial charge on any atom is -0.507 e. The Morgan fingerprint density at radius 2 is 0.596 bits per heavy atom. The van der Waals surface area contributed by atoms with E-state index < -0.39 is 5.60 Å². The molecule has 11 heteroatoms. The van der Waals surface area contributed by atoms with Gasteiger partial charge in [0.05, 0.1) is 31.8 Å². The third-order valence-electron chi connectivity index (χ3n) is 5.38. The van der Waals surface area contributed by atoms with E-state index in [1.807, 2.05) is 24.3 Å². The summed E-state index contributed by atoms with van der Waals surface area (Å²) in [5.74, 6) is 0.867. The second kappa shape index (κ2) is 24.0. The summed E-state index contributed by atoms with van der Waals surface area (Å²) >= 11 is 0. The number of hydrogen-bond acceptors (Lipinski definition) is 9. The molecule has 0 bridgehead atoms. The number of aliphatic imine (C=N–C) groups is 4. The van der Waals surface area contributed by atoms with Crippen molar-refractivity contribution in [1.29, 1.82) is 0 Å². The zero-order chi connectivity index (χ0) is 32.9. The predicted octanol–water partition coefficient (Wildman–Crippen LogP) is 6.04. The number of nitrogens with zero attached hydrogens (tertiary/aromatic N) is 4. The molecule has 0 atom stereocenters. The molecule has 4 aromatic carbocycles. The SMILES string of the molecule is CC(C)(C)O.Oc1ccccc1C=NCCN=Cc1ccccc1O.Oc1ccccc1C=NCCN=Cc1ccccc1O.[Fe].[Fe]. The Bertz CT molecular complexity index is 1340. The van der Waals surface area contributed by atoms with Gasteiger partial charge in [0.2, 0.25) is 0 Å². The Balaban J connectivity index is 0.000000759. The molecule has 0 aromatic heterocycles. The van der Waals surface area contributed by atoms with E-state index in [4.69, 9.17) is 5.11 Å². The van der Waals surface area contributed by atoms with Gasteiger partial charge in [-0.1, -0.05) is 48.5 Å². The molecule has 5 N–H and O–H groups in total. The number of phenols is 4. The van der Waals surface area contributed by atoms with Crippen molar-refractivity contribution in [2.24, 2.45) is 20.0 Å². The Kier molecular flexibility index (Phi) is 21.8. The van der Waals surface area contributed by atoms with Gasteiger partial charge in [-0.25, -0.2) is 0 Å². The van der Waals surface area contributed by atoms with Crippen molar-refractivity contribution in [1.82, 2.24) is 0 Å². The fourth-order valence-electron chi connectivity index (χ4n) is 3.27. The van der Waals surface area contributed by atoms with E-state index in [9.17, 15) is 20.4 Å². The fraction of sp³-hybridized carbons (Fsp3) is 0.222. The van der Waals surface area contributed by atoms with Crippen LogP contribution >= 0.6 is 0 Å². The first-order valence-electron chi connectivity index (χ1n) is 14.4. The van der Waals surface area contributed by atoms with Crippen molar-refractivity contribution in [3.8, 4) is 23.0 Å². The summed E-state index contributed by atoms with van der Waals surface area (Å²) in [6.07, 6.45) is 6.52. The maximum atomic E-state index is 9.54. The number of para-hydroxylation sites is 4. The molecule has 252 valence electrons. The second-order valence-electron chi connectivity index (χ2n) is 10.5. The van der Waals surface area contributed by atoms with Gasteiger partial charge >= 0.3 is 0 Å². The number of aliphatic hydroxyl groups is 1. The molecule has 0 aliphatic heterocycles. The minimum atomic E-state index is -0.500. The molecule has 0 saturated heterocycles. The molecule has 0 amide bonds. The summed E-state index contributed by atoms with van der Waals surface area (Å²) in [4.78, 5) is 16.8. The Morgan fingerprint density at radius 1 is 0.426 bits per heavy atom. The Labute approximate surface area is 298 Å². The average Bonchev–Trinajstić information content (AvgIpc) is 2.99. The number of rotatable bonds is 10. The summed E-state index contributed by atoms with van der Waals surface area (Å²) in [7, 11) is 0. The quantitative estimate of drug-likeness (QED) is 0.0769. The van der Waals surface area contributed by atoms with E-state index in [1.165, 1.54) is 0 Å². The van der Waals surface area contributed by atoms with Gasteiger partial charge in [0.1, 0.15) is 23.0 Å². The van der Waals surface area contributed by atoms with Crippen molar-refractivity contribution < 1.29 is 59.7 Å². The molecular formula is C36H42Fe2N4O5.